The molecule has 1 amide bonds. The van der Waals surface area contributed by atoms with Crippen LogP contribution in [0.5, 0.6) is 0 Å². The molecule has 3 aromatic carbocycles. The number of aryl methyl sites for hydroxylation is 1. The molecule has 0 saturated carbocycles. The summed E-state index contributed by atoms with van der Waals surface area (Å²) in [6, 6.07) is 23.7. The molecule has 4 rings (SSSR count). The van der Waals surface area contributed by atoms with E-state index in [0.717, 1.165) is 23.4 Å². The fourth-order valence-electron chi connectivity index (χ4n) is 3.81. The van der Waals surface area contributed by atoms with Gasteiger partial charge in [-0.25, -0.2) is 0 Å². The zero-order chi connectivity index (χ0) is 24.9. The largest absolute Gasteiger partial charge is 0.325 e. The van der Waals surface area contributed by atoms with Crippen molar-refractivity contribution in [3.05, 3.63) is 88.9 Å². The van der Waals surface area contributed by atoms with Crippen molar-refractivity contribution < 1.29 is 4.79 Å². The Morgan fingerprint density at radius 3 is 2.31 bits per heavy atom. The summed E-state index contributed by atoms with van der Waals surface area (Å²) in [7, 11) is 0. The number of rotatable bonds is 8. The molecule has 5 nitrogen and oxygen atoms in total. The molecule has 1 heterocycles. The van der Waals surface area contributed by atoms with Crippen molar-refractivity contribution in [2.45, 2.75) is 50.4 Å². The minimum atomic E-state index is -0.381. The first-order valence-electron chi connectivity index (χ1n) is 11.7. The number of hydrogen-bond acceptors (Lipinski definition) is 4. The Balaban J connectivity index is 1.68. The van der Waals surface area contributed by atoms with E-state index in [4.69, 9.17) is 11.6 Å². The highest BCUT2D eigenvalue weighted by Gasteiger charge is 2.23. The zero-order valence-electron chi connectivity index (χ0n) is 20.3. The van der Waals surface area contributed by atoms with Gasteiger partial charge in [0.25, 0.3) is 0 Å². The maximum atomic E-state index is 13.0. The van der Waals surface area contributed by atoms with Crippen LogP contribution >= 0.6 is 23.4 Å². The van der Waals surface area contributed by atoms with Crippen LogP contribution in [0.25, 0.3) is 17.1 Å². The van der Waals surface area contributed by atoms with E-state index >= 15 is 0 Å². The van der Waals surface area contributed by atoms with Crippen molar-refractivity contribution in [1.29, 1.82) is 0 Å². The number of nitrogens with zero attached hydrogens (tertiary/aromatic N) is 3. The number of anilines is 1. The molecule has 0 spiro atoms. The molecule has 35 heavy (non-hydrogen) atoms. The van der Waals surface area contributed by atoms with Gasteiger partial charge in [-0.3, -0.25) is 9.36 Å². The number of carbonyl (C=O) groups is 1. The number of nitrogens with one attached hydrogen (secondary N) is 1. The number of halogens is 1. The second-order valence-corrected chi connectivity index (χ2v) is 10.4. The molecule has 0 saturated heterocycles. The van der Waals surface area contributed by atoms with Crippen LogP contribution in [-0.4, -0.2) is 25.9 Å². The lowest BCUT2D eigenvalue weighted by atomic mass is 10.0. The number of amides is 1. The summed E-state index contributed by atoms with van der Waals surface area (Å²) >= 11 is 7.51. The molecule has 1 N–H and O–H groups in total. The van der Waals surface area contributed by atoms with Crippen LogP contribution in [-0.2, 0) is 11.2 Å². The molecular formula is C28H29ClN4OS. The number of para-hydroxylation sites is 1. The van der Waals surface area contributed by atoms with Crippen LogP contribution in [0.15, 0.2) is 78.0 Å². The third-order valence-corrected chi connectivity index (χ3v) is 7.11. The van der Waals surface area contributed by atoms with E-state index in [-0.39, 0.29) is 11.2 Å². The first kappa shape index (κ1) is 25.0. The van der Waals surface area contributed by atoms with Crippen LogP contribution in [0.4, 0.5) is 5.69 Å². The van der Waals surface area contributed by atoms with Crippen molar-refractivity contribution in [1.82, 2.24) is 14.8 Å². The highest BCUT2D eigenvalue weighted by atomic mass is 35.5. The Hall–Kier alpha value is -3.09. The van der Waals surface area contributed by atoms with E-state index in [2.05, 4.69) is 48.4 Å². The number of thioether (sulfide) groups is 1. The topological polar surface area (TPSA) is 59.8 Å². The quantitative estimate of drug-likeness (QED) is 0.254. The molecule has 4 aromatic rings. The Kier molecular flexibility index (Phi) is 7.93. The number of benzene rings is 3. The highest BCUT2D eigenvalue weighted by molar-refractivity contribution is 8.00. The molecule has 0 bridgehead atoms. The van der Waals surface area contributed by atoms with Gasteiger partial charge in [0.05, 0.1) is 10.9 Å². The second kappa shape index (κ2) is 11.1. The van der Waals surface area contributed by atoms with Gasteiger partial charge in [0.1, 0.15) is 0 Å². The summed E-state index contributed by atoms with van der Waals surface area (Å²) in [6.45, 7) is 8.32. The molecule has 180 valence electrons. The first-order valence-corrected chi connectivity index (χ1v) is 13.0. The van der Waals surface area contributed by atoms with Gasteiger partial charge in [-0.1, -0.05) is 74.5 Å². The summed E-state index contributed by atoms with van der Waals surface area (Å²) in [5.74, 6) is 0.926. The van der Waals surface area contributed by atoms with E-state index < -0.39 is 0 Å². The van der Waals surface area contributed by atoms with Gasteiger partial charge >= 0.3 is 0 Å². The summed E-state index contributed by atoms with van der Waals surface area (Å²) in [5, 5.41) is 13.0. The Bertz CT molecular complexity index is 1300. The summed E-state index contributed by atoms with van der Waals surface area (Å²) in [6.07, 6.45) is 0.962. The lowest BCUT2D eigenvalue weighted by molar-refractivity contribution is -0.115. The van der Waals surface area contributed by atoms with E-state index in [0.29, 0.717) is 21.9 Å². The molecule has 0 radical (unpaired) electrons. The molecule has 0 aliphatic rings. The molecule has 0 aliphatic carbocycles. The lowest BCUT2D eigenvalue weighted by Gasteiger charge is -2.18. The average molecular weight is 505 g/mol. The van der Waals surface area contributed by atoms with Crippen molar-refractivity contribution in [3.63, 3.8) is 0 Å². The molecule has 1 aromatic heterocycles. The van der Waals surface area contributed by atoms with E-state index in [9.17, 15) is 4.79 Å². The molecule has 0 fully saturated rings. The summed E-state index contributed by atoms with van der Waals surface area (Å²) in [4.78, 5) is 13.0. The van der Waals surface area contributed by atoms with Gasteiger partial charge in [-0.05, 0) is 72.9 Å². The maximum absolute atomic E-state index is 13.0. The normalized spacial score (nSPS) is 12.1. The average Bonchev–Trinajstić information content (AvgIpc) is 3.28. The Morgan fingerprint density at radius 2 is 1.66 bits per heavy atom. The minimum Gasteiger partial charge on any atom is -0.325 e. The van der Waals surface area contributed by atoms with Gasteiger partial charge in [0, 0.05) is 16.3 Å². The van der Waals surface area contributed by atoms with Crippen LogP contribution in [0.2, 0.25) is 5.02 Å². The van der Waals surface area contributed by atoms with Crippen molar-refractivity contribution in [2.75, 3.05) is 5.32 Å². The SMILES string of the molecule is CCc1ccc(NC(=O)C(C)Sc2nnc(-c3ccc(Cl)cc3)n2-c2ccccc2C(C)C)cc1. The van der Waals surface area contributed by atoms with Crippen molar-refractivity contribution >= 4 is 35.0 Å². The monoisotopic (exact) mass is 504 g/mol. The molecular weight excluding hydrogens is 476 g/mol. The molecule has 1 unspecified atom stereocenters. The molecule has 1 atom stereocenters. The summed E-state index contributed by atoms with van der Waals surface area (Å²) in [5.41, 5.74) is 5.10. The number of aromatic nitrogens is 3. The van der Waals surface area contributed by atoms with Crippen molar-refractivity contribution in [2.24, 2.45) is 0 Å². The predicted octanol–water partition coefficient (Wildman–Crippen LogP) is 7.39. The smallest absolute Gasteiger partial charge is 0.237 e. The zero-order valence-corrected chi connectivity index (χ0v) is 21.9. The standard InChI is InChI=1S/C28H29ClN4OS/c1-5-20-10-16-23(17-11-20)30-27(34)19(4)35-28-32-31-26(21-12-14-22(29)15-13-21)33(28)25-9-7-6-8-24(25)18(2)3/h6-19H,5H2,1-4H3,(H,30,34). The van der Waals surface area contributed by atoms with Gasteiger partial charge in [0.2, 0.25) is 5.91 Å². The number of carbonyl (C=O) groups excluding carboxylic acids is 1. The van der Waals surface area contributed by atoms with Crippen LogP contribution in [0.3, 0.4) is 0 Å². The summed E-state index contributed by atoms with van der Waals surface area (Å²) < 4.78 is 2.04. The van der Waals surface area contributed by atoms with Crippen LogP contribution < -0.4 is 5.32 Å². The van der Waals surface area contributed by atoms with E-state index in [1.807, 2.05) is 72.2 Å². The molecule has 0 aliphatic heterocycles. The van der Waals surface area contributed by atoms with Gasteiger partial charge in [0.15, 0.2) is 11.0 Å². The van der Waals surface area contributed by atoms with E-state index in [1.165, 1.54) is 22.9 Å². The third-order valence-electron chi connectivity index (χ3n) is 5.82. The Labute approximate surface area is 215 Å². The van der Waals surface area contributed by atoms with Crippen molar-refractivity contribution in [3.8, 4) is 17.1 Å². The predicted molar refractivity (Wildman–Crippen MR) is 146 cm³/mol. The molecule has 7 heteroatoms. The highest BCUT2D eigenvalue weighted by Crippen LogP contribution is 2.34. The van der Waals surface area contributed by atoms with Gasteiger partial charge in [-0.2, -0.15) is 0 Å². The van der Waals surface area contributed by atoms with Crippen LogP contribution in [0.1, 0.15) is 44.7 Å². The fraction of sp³-hybridized carbons (Fsp3) is 0.250. The third kappa shape index (κ3) is 5.77. The van der Waals surface area contributed by atoms with Gasteiger partial charge < -0.3 is 5.32 Å². The first-order chi connectivity index (χ1) is 16.9. The lowest BCUT2D eigenvalue weighted by Crippen LogP contribution is -2.23. The second-order valence-electron chi connectivity index (χ2n) is 8.66. The maximum Gasteiger partial charge on any atom is 0.237 e. The van der Waals surface area contributed by atoms with E-state index in [1.54, 1.807) is 0 Å². The fourth-order valence-corrected chi connectivity index (χ4v) is 4.79. The van der Waals surface area contributed by atoms with Gasteiger partial charge in [-0.15, -0.1) is 10.2 Å². The Morgan fingerprint density at radius 1 is 0.971 bits per heavy atom. The minimum absolute atomic E-state index is 0.0843. The van der Waals surface area contributed by atoms with Crippen LogP contribution in [0, 0.1) is 0 Å². The number of hydrogen-bond donors (Lipinski definition) is 1.